The lowest BCUT2D eigenvalue weighted by Gasteiger charge is -2.35. The van der Waals surface area contributed by atoms with Gasteiger partial charge in [-0.3, -0.25) is 4.79 Å². The van der Waals surface area contributed by atoms with Crippen LogP contribution in [0, 0.1) is 6.92 Å². The number of nitrogens with zero attached hydrogens (tertiary/aromatic N) is 1. The molecule has 0 N–H and O–H groups in total. The van der Waals surface area contributed by atoms with Gasteiger partial charge in [-0.25, -0.2) is 4.79 Å². The van der Waals surface area contributed by atoms with Crippen LogP contribution in [0.1, 0.15) is 54.1 Å². The molecule has 1 aliphatic heterocycles. The largest absolute Gasteiger partial charge is 0.487 e. The van der Waals surface area contributed by atoms with Crippen LogP contribution in [0.4, 0.5) is 0 Å². The average Bonchev–Trinajstić information content (AvgIpc) is 2.76. The van der Waals surface area contributed by atoms with Crippen molar-refractivity contribution < 1.29 is 19.1 Å². The molecule has 1 unspecified atom stereocenters. The van der Waals surface area contributed by atoms with Crippen LogP contribution < -0.4 is 4.74 Å². The number of ether oxygens (including phenoxy) is 2. The molecule has 31 heavy (non-hydrogen) atoms. The lowest BCUT2D eigenvalue weighted by molar-refractivity contribution is -0.138. The Kier molecular flexibility index (Phi) is 8.55. The van der Waals surface area contributed by atoms with Crippen molar-refractivity contribution in [3.63, 3.8) is 0 Å². The summed E-state index contributed by atoms with van der Waals surface area (Å²) in [5.74, 6) is 0.129. The summed E-state index contributed by atoms with van der Waals surface area (Å²) in [6, 6.07) is 11.3. The third kappa shape index (κ3) is 6.32. The van der Waals surface area contributed by atoms with Crippen molar-refractivity contribution in [2.75, 3.05) is 13.2 Å². The van der Waals surface area contributed by atoms with E-state index in [0.29, 0.717) is 12.2 Å². The zero-order valence-electron chi connectivity index (χ0n) is 17.8. The maximum atomic E-state index is 12.5. The number of hydrogen-bond donors (Lipinski definition) is 0. The highest BCUT2D eigenvalue weighted by Crippen LogP contribution is 2.35. The van der Waals surface area contributed by atoms with Crippen LogP contribution >= 0.6 is 31.9 Å². The quantitative estimate of drug-likeness (QED) is 0.392. The molecule has 3 rings (SSSR count). The van der Waals surface area contributed by atoms with E-state index in [0.717, 1.165) is 58.0 Å². The molecule has 0 saturated carbocycles. The second-order valence-corrected chi connectivity index (χ2v) is 9.47. The molecule has 5 nitrogen and oxygen atoms in total. The molecule has 1 amide bonds. The van der Waals surface area contributed by atoms with Crippen LogP contribution in [0.15, 0.2) is 45.3 Å². The summed E-state index contributed by atoms with van der Waals surface area (Å²) in [5, 5.41) is 0. The van der Waals surface area contributed by atoms with E-state index in [1.807, 2.05) is 36.1 Å². The summed E-state index contributed by atoms with van der Waals surface area (Å²) in [6.45, 7) is 5.00. The fourth-order valence-electron chi connectivity index (χ4n) is 3.76. The molecular weight excluding hydrogens is 526 g/mol. The summed E-state index contributed by atoms with van der Waals surface area (Å²) in [4.78, 5) is 26.7. The molecule has 0 spiro atoms. The maximum Gasteiger partial charge on any atom is 0.338 e. The number of amides is 1. The average molecular weight is 553 g/mol. The molecule has 1 heterocycles. The summed E-state index contributed by atoms with van der Waals surface area (Å²) < 4.78 is 12.9. The van der Waals surface area contributed by atoms with Crippen molar-refractivity contribution in [3.8, 4) is 5.75 Å². The Labute approximate surface area is 200 Å². The minimum absolute atomic E-state index is 0.112. The molecular formula is C24H27Br2NO4. The zero-order chi connectivity index (χ0) is 22.4. The highest BCUT2D eigenvalue weighted by molar-refractivity contribution is 9.11. The number of halogens is 2. The van der Waals surface area contributed by atoms with E-state index in [1.54, 1.807) is 12.1 Å². The highest BCUT2D eigenvalue weighted by Gasteiger charge is 2.26. The van der Waals surface area contributed by atoms with E-state index in [9.17, 15) is 9.59 Å². The molecule has 0 bridgehead atoms. The van der Waals surface area contributed by atoms with Crippen molar-refractivity contribution >= 4 is 43.7 Å². The van der Waals surface area contributed by atoms with E-state index in [4.69, 9.17) is 9.47 Å². The Morgan fingerprint density at radius 3 is 2.42 bits per heavy atom. The summed E-state index contributed by atoms with van der Waals surface area (Å²) in [5.41, 5.74) is 2.46. The Hall–Kier alpha value is -1.86. The molecule has 1 aliphatic rings. The molecule has 1 atom stereocenters. The topological polar surface area (TPSA) is 55.8 Å². The van der Waals surface area contributed by atoms with Crippen molar-refractivity contribution in [2.45, 2.75) is 52.2 Å². The smallest absolute Gasteiger partial charge is 0.338 e. The van der Waals surface area contributed by atoms with E-state index >= 15 is 0 Å². The third-order valence-corrected chi connectivity index (χ3v) is 6.64. The maximum absolute atomic E-state index is 12.5. The molecule has 0 aliphatic carbocycles. The lowest BCUT2D eigenvalue weighted by atomic mass is 10.00. The Morgan fingerprint density at radius 1 is 1.10 bits per heavy atom. The highest BCUT2D eigenvalue weighted by atomic mass is 79.9. The number of benzene rings is 2. The molecule has 2 aromatic carbocycles. The van der Waals surface area contributed by atoms with Crippen LogP contribution in [-0.4, -0.2) is 36.0 Å². The molecule has 1 saturated heterocycles. The number of likely N-dealkylation sites (tertiary alicyclic amines) is 1. The van der Waals surface area contributed by atoms with Crippen molar-refractivity contribution in [1.82, 2.24) is 4.90 Å². The van der Waals surface area contributed by atoms with E-state index in [-0.39, 0.29) is 18.6 Å². The SMILES string of the molecule is CCC1CCCCN1C(=O)COC(=O)c1ccc(COc2c(Br)cc(C)cc2Br)cc1. The second-order valence-electron chi connectivity index (χ2n) is 7.76. The number of rotatable bonds is 7. The van der Waals surface area contributed by atoms with Gasteiger partial charge < -0.3 is 14.4 Å². The van der Waals surface area contributed by atoms with Crippen LogP contribution in [0.25, 0.3) is 0 Å². The van der Waals surface area contributed by atoms with Gasteiger partial charge in [0.25, 0.3) is 5.91 Å². The monoisotopic (exact) mass is 551 g/mol. The van der Waals surface area contributed by atoms with E-state index in [1.165, 1.54) is 0 Å². The van der Waals surface area contributed by atoms with Gasteiger partial charge in [0.1, 0.15) is 12.4 Å². The number of carbonyl (C=O) groups is 2. The second kappa shape index (κ2) is 11.1. The number of hydrogen-bond acceptors (Lipinski definition) is 4. The first-order chi connectivity index (χ1) is 14.9. The van der Waals surface area contributed by atoms with Crippen LogP contribution in [0.5, 0.6) is 5.75 Å². The van der Waals surface area contributed by atoms with E-state index < -0.39 is 5.97 Å². The van der Waals surface area contributed by atoms with Gasteiger partial charge in [0.05, 0.1) is 14.5 Å². The van der Waals surface area contributed by atoms with Gasteiger partial charge in [-0.2, -0.15) is 0 Å². The first-order valence-corrected chi connectivity index (χ1v) is 12.1. The molecule has 7 heteroatoms. The van der Waals surface area contributed by atoms with E-state index in [2.05, 4.69) is 38.8 Å². The number of aryl methyl sites for hydroxylation is 1. The first kappa shape index (κ1) is 23.8. The van der Waals surface area contributed by atoms with Gasteiger partial charge in [0.2, 0.25) is 0 Å². The molecule has 1 fully saturated rings. The molecule has 0 radical (unpaired) electrons. The summed E-state index contributed by atoms with van der Waals surface area (Å²) in [6.07, 6.45) is 4.11. The fraction of sp³-hybridized carbons (Fsp3) is 0.417. The van der Waals surface area contributed by atoms with Gasteiger partial charge in [0, 0.05) is 12.6 Å². The molecule has 0 aromatic heterocycles. The van der Waals surface area contributed by atoms with Crippen molar-refractivity contribution in [1.29, 1.82) is 0 Å². The van der Waals surface area contributed by atoms with Gasteiger partial charge in [0.15, 0.2) is 6.61 Å². The predicted octanol–water partition coefficient (Wildman–Crippen LogP) is 6.05. The summed E-state index contributed by atoms with van der Waals surface area (Å²) in [7, 11) is 0. The van der Waals surface area contributed by atoms with Gasteiger partial charge in [-0.15, -0.1) is 0 Å². The van der Waals surface area contributed by atoms with Crippen LogP contribution in [-0.2, 0) is 16.1 Å². The Bertz CT molecular complexity index is 907. The number of esters is 1. The lowest BCUT2D eigenvalue weighted by Crippen LogP contribution is -2.45. The first-order valence-electron chi connectivity index (χ1n) is 10.5. The van der Waals surface area contributed by atoms with Crippen molar-refractivity contribution in [3.05, 3.63) is 62.0 Å². The van der Waals surface area contributed by atoms with Crippen LogP contribution in [0.2, 0.25) is 0 Å². The van der Waals surface area contributed by atoms with Gasteiger partial charge in [-0.1, -0.05) is 19.1 Å². The summed E-state index contributed by atoms with van der Waals surface area (Å²) >= 11 is 7.04. The standard InChI is InChI=1S/C24H27Br2NO4/c1-3-19-6-4-5-11-27(19)22(28)15-31-24(29)18-9-7-17(8-10-18)14-30-23-20(25)12-16(2)13-21(23)26/h7-10,12-13,19H,3-6,11,14-15H2,1-2H3. The number of piperidine rings is 1. The van der Waals surface area contributed by atoms with Gasteiger partial charge in [-0.05, 0) is 99.9 Å². The number of carbonyl (C=O) groups excluding carboxylic acids is 2. The Balaban J connectivity index is 1.52. The van der Waals surface area contributed by atoms with Crippen LogP contribution in [0.3, 0.4) is 0 Å². The van der Waals surface area contributed by atoms with Gasteiger partial charge >= 0.3 is 5.97 Å². The predicted molar refractivity (Wildman–Crippen MR) is 127 cm³/mol. The Morgan fingerprint density at radius 2 is 1.77 bits per heavy atom. The third-order valence-electron chi connectivity index (χ3n) is 5.46. The fourth-order valence-corrected chi connectivity index (χ4v) is 5.41. The minimum Gasteiger partial charge on any atom is -0.487 e. The zero-order valence-corrected chi connectivity index (χ0v) is 21.0. The minimum atomic E-state index is -0.491. The molecule has 2 aromatic rings. The van der Waals surface area contributed by atoms with Crippen molar-refractivity contribution in [2.24, 2.45) is 0 Å². The molecule has 166 valence electrons. The normalized spacial score (nSPS) is 16.1.